The van der Waals surface area contributed by atoms with E-state index in [0.717, 1.165) is 16.0 Å². The first-order valence-corrected chi connectivity index (χ1v) is 8.61. The molecule has 8 heteroatoms. The second-order valence-corrected chi connectivity index (χ2v) is 7.22. The van der Waals surface area contributed by atoms with Crippen LogP contribution < -0.4 is 0 Å². The molecule has 0 aromatic heterocycles. The van der Waals surface area contributed by atoms with Crippen LogP contribution in [0.4, 0.5) is 5.69 Å². The molecule has 0 heterocycles. The van der Waals surface area contributed by atoms with Gasteiger partial charge in [0.05, 0.1) is 9.82 Å². The molecule has 0 aliphatic rings. The second kappa shape index (κ2) is 6.84. The average molecular weight is 396 g/mol. The van der Waals surface area contributed by atoms with E-state index in [1.807, 2.05) is 0 Å². The fraction of sp³-hybridized carbons (Fsp3) is 0. The Morgan fingerprint density at radius 1 is 1.04 bits per heavy atom. The summed E-state index contributed by atoms with van der Waals surface area (Å²) in [5.74, 6) is -0.555. The molecule has 23 heavy (non-hydrogen) atoms. The van der Waals surface area contributed by atoms with Crippen LogP contribution in [0.5, 0.6) is 0 Å². The summed E-state index contributed by atoms with van der Waals surface area (Å²) in [4.78, 5) is 22.0. The molecule has 0 N–H and O–H groups in total. The van der Waals surface area contributed by atoms with Gasteiger partial charge in [-0.15, -0.1) is 0 Å². The van der Waals surface area contributed by atoms with Crippen LogP contribution in [0, 0.1) is 10.1 Å². The first-order chi connectivity index (χ1) is 10.8. The van der Waals surface area contributed by atoms with Crippen LogP contribution >= 0.6 is 15.9 Å². The fourth-order valence-electron chi connectivity index (χ4n) is 1.70. The maximum atomic E-state index is 12.1. The smallest absolute Gasteiger partial charge is 0.269 e. The quantitative estimate of drug-likeness (QED) is 0.334. The number of nitrogens with zero attached hydrogens (tertiary/aromatic N) is 1. The predicted molar refractivity (Wildman–Crippen MR) is 87.9 cm³/mol. The van der Waals surface area contributed by atoms with E-state index < -0.39 is 20.5 Å². The molecule has 2 rings (SSSR count). The van der Waals surface area contributed by atoms with Crippen LogP contribution in [0.15, 0.2) is 69.4 Å². The summed E-state index contributed by atoms with van der Waals surface area (Å²) in [6, 6.07) is 10.9. The van der Waals surface area contributed by atoms with Crippen molar-refractivity contribution in [1.82, 2.24) is 0 Å². The van der Waals surface area contributed by atoms with E-state index in [1.165, 1.54) is 36.4 Å². The number of nitro groups is 1. The van der Waals surface area contributed by atoms with Crippen molar-refractivity contribution in [2.75, 3.05) is 0 Å². The summed E-state index contributed by atoms with van der Waals surface area (Å²) >= 11 is 3.21. The van der Waals surface area contributed by atoms with E-state index in [9.17, 15) is 23.3 Å². The maximum Gasteiger partial charge on any atom is 0.269 e. The molecule has 0 spiro atoms. The molecule has 0 saturated heterocycles. The summed E-state index contributed by atoms with van der Waals surface area (Å²) < 4.78 is 24.9. The number of sulfone groups is 1. The standard InChI is InChI=1S/C15H10BrNO5S/c16-12-3-7-14(8-4-12)23(21,22)10-9-15(18)11-1-5-13(6-2-11)17(19)20/h1-10H/b10-9+. The Morgan fingerprint density at radius 3 is 2.13 bits per heavy atom. The van der Waals surface area contributed by atoms with Gasteiger partial charge in [-0.2, -0.15) is 0 Å². The highest BCUT2D eigenvalue weighted by Crippen LogP contribution is 2.17. The van der Waals surface area contributed by atoms with Crippen LogP contribution in [-0.4, -0.2) is 19.1 Å². The first kappa shape index (κ1) is 17.0. The lowest BCUT2D eigenvalue weighted by atomic mass is 10.1. The SMILES string of the molecule is O=C(/C=C/S(=O)(=O)c1ccc(Br)cc1)c1ccc([N+](=O)[O-])cc1. The van der Waals surface area contributed by atoms with Crippen LogP contribution in [0.1, 0.15) is 10.4 Å². The molecule has 0 fully saturated rings. The van der Waals surface area contributed by atoms with Crippen LogP contribution in [0.25, 0.3) is 0 Å². The molecule has 118 valence electrons. The topological polar surface area (TPSA) is 94.3 Å². The van der Waals surface area contributed by atoms with E-state index in [1.54, 1.807) is 12.1 Å². The zero-order valence-electron chi connectivity index (χ0n) is 11.5. The summed E-state index contributed by atoms with van der Waals surface area (Å²) in [6.07, 6.45) is 0.929. The molecular weight excluding hydrogens is 386 g/mol. The summed E-state index contributed by atoms with van der Waals surface area (Å²) in [7, 11) is -3.73. The number of rotatable bonds is 5. The van der Waals surface area contributed by atoms with Crippen molar-refractivity contribution >= 4 is 37.2 Å². The number of benzene rings is 2. The van der Waals surface area contributed by atoms with Crippen molar-refractivity contribution < 1.29 is 18.1 Å². The minimum Gasteiger partial charge on any atom is -0.289 e. The molecule has 2 aromatic rings. The van der Waals surface area contributed by atoms with Gasteiger partial charge in [-0.1, -0.05) is 15.9 Å². The van der Waals surface area contributed by atoms with E-state index in [-0.39, 0.29) is 16.1 Å². The zero-order chi connectivity index (χ0) is 17.0. The number of carbonyl (C=O) groups excluding carboxylic acids is 1. The molecule has 0 radical (unpaired) electrons. The van der Waals surface area contributed by atoms with Gasteiger partial charge in [-0.25, -0.2) is 8.42 Å². The molecule has 0 atom stereocenters. The van der Waals surface area contributed by atoms with Crippen LogP contribution in [0.2, 0.25) is 0 Å². The average Bonchev–Trinajstić information content (AvgIpc) is 2.53. The van der Waals surface area contributed by atoms with Gasteiger partial charge >= 0.3 is 0 Å². The van der Waals surface area contributed by atoms with Gasteiger partial charge in [-0.3, -0.25) is 14.9 Å². The Kier molecular flexibility index (Phi) is 5.07. The molecule has 0 aliphatic carbocycles. The highest BCUT2D eigenvalue weighted by Gasteiger charge is 2.12. The number of hydrogen-bond acceptors (Lipinski definition) is 5. The molecule has 0 aliphatic heterocycles. The lowest BCUT2D eigenvalue weighted by molar-refractivity contribution is -0.384. The van der Waals surface area contributed by atoms with E-state index in [0.29, 0.717) is 0 Å². The third-order valence-electron chi connectivity index (χ3n) is 2.90. The maximum absolute atomic E-state index is 12.1. The molecule has 6 nitrogen and oxygen atoms in total. The number of non-ortho nitro benzene ring substituents is 1. The van der Waals surface area contributed by atoms with Crippen molar-refractivity contribution in [2.45, 2.75) is 4.90 Å². The molecule has 0 saturated carbocycles. The molecular formula is C15H10BrNO5S. The molecule has 2 aromatic carbocycles. The van der Waals surface area contributed by atoms with Crippen molar-refractivity contribution in [3.05, 3.63) is 80.2 Å². The van der Waals surface area contributed by atoms with Crippen molar-refractivity contribution in [2.24, 2.45) is 0 Å². The van der Waals surface area contributed by atoms with Gasteiger partial charge in [-0.05, 0) is 42.5 Å². The first-order valence-electron chi connectivity index (χ1n) is 6.27. The van der Waals surface area contributed by atoms with Gasteiger partial charge in [0.15, 0.2) is 15.6 Å². The van der Waals surface area contributed by atoms with Gasteiger partial charge in [0, 0.05) is 27.6 Å². The van der Waals surface area contributed by atoms with E-state index >= 15 is 0 Å². The Morgan fingerprint density at radius 2 is 1.61 bits per heavy atom. The zero-order valence-corrected chi connectivity index (χ0v) is 14.0. The summed E-state index contributed by atoms with van der Waals surface area (Å²) in [5, 5.41) is 11.4. The number of halogens is 1. The molecule has 0 unspecified atom stereocenters. The number of allylic oxidation sites excluding steroid dienone is 1. The monoisotopic (exact) mass is 395 g/mol. The van der Waals surface area contributed by atoms with Gasteiger partial charge in [0.2, 0.25) is 0 Å². The summed E-state index contributed by atoms with van der Waals surface area (Å²) in [5.41, 5.74) is 0.0193. The number of nitro benzene ring substituents is 1. The number of hydrogen-bond donors (Lipinski definition) is 0. The predicted octanol–water partition coefficient (Wildman–Crippen LogP) is 3.53. The third-order valence-corrected chi connectivity index (χ3v) is 4.86. The number of ketones is 1. The largest absolute Gasteiger partial charge is 0.289 e. The van der Waals surface area contributed by atoms with Gasteiger partial charge < -0.3 is 0 Å². The van der Waals surface area contributed by atoms with Crippen LogP contribution in [-0.2, 0) is 9.84 Å². The normalized spacial score (nSPS) is 11.5. The second-order valence-electron chi connectivity index (χ2n) is 4.47. The Hall–Kier alpha value is -2.32. The highest BCUT2D eigenvalue weighted by molar-refractivity contribution is 9.10. The lowest BCUT2D eigenvalue weighted by Gasteiger charge is -1.99. The van der Waals surface area contributed by atoms with Crippen molar-refractivity contribution in [3.63, 3.8) is 0 Å². The minimum absolute atomic E-state index is 0.0634. The third kappa shape index (κ3) is 4.33. The van der Waals surface area contributed by atoms with Crippen molar-refractivity contribution in [3.8, 4) is 0 Å². The van der Waals surface area contributed by atoms with Crippen molar-refractivity contribution in [1.29, 1.82) is 0 Å². The Bertz CT molecular complexity index is 871. The van der Waals surface area contributed by atoms with Gasteiger partial charge in [0.25, 0.3) is 5.69 Å². The molecule has 0 amide bonds. The lowest BCUT2D eigenvalue weighted by Crippen LogP contribution is -2.00. The molecule has 0 bridgehead atoms. The highest BCUT2D eigenvalue weighted by atomic mass is 79.9. The van der Waals surface area contributed by atoms with Crippen LogP contribution in [0.3, 0.4) is 0 Å². The fourth-order valence-corrected chi connectivity index (χ4v) is 2.94. The minimum atomic E-state index is -3.73. The van der Waals surface area contributed by atoms with Gasteiger partial charge in [0.1, 0.15) is 0 Å². The van der Waals surface area contributed by atoms with E-state index in [4.69, 9.17) is 0 Å². The Balaban J connectivity index is 2.19. The van der Waals surface area contributed by atoms with E-state index in [2.05, 4.69) is 15.9 Å². The Labute approximate surface area is 140 Å². The summed E-state index contributed by atoms with van der Waals surface area (Å²) in [6.45, 7) is 0. The number of carbonyl (C=O) groups is 1.